The second kappa shape index (κ2) is 4.98. The first-order chi connectivity index (χ1) is 8.11. The van der Waals surface area contributed by atoms with Gasteiger partial charge < -0.3 is 5.73 Å². The molecule has 5 heteroatoms. The maximum atomic E-state index is 6.20. The summed E-state index contributed by atoms with van der Waals surface area (Å²) in [5.74, 6) is 0. The fraction of sp³-hybridized carbons (Fsp3) is 0.500. The van der Waals surface area contributed by atoms with Gasteiger partial charge in [-0.1, -0.05) is 6.92 Å². The highest BCUT2D eigenvalue weighted by Crippen LogP contribution is 2.25. The number of aryl methyl sites for hydroxylation is 3. The van der Waals surface area contributed by atoms with Crippen LogP contribution in [0.4, 0.5) is 0 Å². The van der Waals surface area contributed by atoms with E-state index < -0.39 is 0 Å². The molecule has 2 aromatic heterocycles. The molecule has 2 heterocycles. The summed E-state index contributed by atoms with van der Waals surface area (Å²) in [5.41, 5.74) is 8.31. The van der Waals surface area contributed by atoms with Crippen LogP contribution >= 0.6 is 11.3 Å². The second-order valence-electron chi connectivity index (χ2n) is 4.21. The Morgan fingerprint density at radius 2 is 2.24 bits per heavy atom. The van der Waals surface area contributed by atoms with Crippen LogP contribution in [0.3, 0.4) is 0 Å². The van der Waals surface area contributed by atoms with Gasteiger partial charge in [-0.2, -0.15) is 5.10 Å². The van der Waals surface area contributed by atoms with Crippen LogP contribution in [0.1, 0.15) is 40.5 Å². The lowest BCUT2D eigenvalue weighted by Gasteiger charge is -2.04. The molecule has 2 aromatic rings. The molecule has 0 fully saturated rings. The average Bonchev–Trinajstić information content (AvgIpc) is 2.87. The Morgan fingerprint density at radius 1 is 1.47 bits per heavy atom. The van der Waals surface area contributed by atoms with Gasteiger partial charge in [-0.3, -0.25) is 4.68 Å². The Labute approximate surface area is 105 Å². The highest BCUT2D eigenvalue weighted by molar-refractivity contribution is 7.11. The average molecular weight is 250 g/mol. The number of rotatable bonds is 4. The molecule has 0 aliphatic carbocycles. The van der Waals surface area contributed by atoms with Gasteiger partial charge in [0, 0.05) is 23.2 Å². The molecular formula is C12H18N4S. The van der Waals surface area contributed by atoms with Gasteiger partial charge in [-0.15, -0.1) is 11.3 Å². The van der Waals surface area contributed by atoms with Crippen molar-refractivity contribution < 1.29 is 0 Å². The number of nitrogens with zero attached hydrogens (tertiary/aromatic N) is 3. The first-order valence-corrected chi connectivity index (χ1v) is 6.65. The third-order valence-corrected chi connectivity index (χ3v) is 3.93. The molecule has 0 spiro atoms. The van der Waals surface area contributed by atoms with E-state index in [0.29, 0.717) is 0 Å². The largest absolute Gasteiger partial charge is 0.318 e. The predicted molar refractivity (Wildman–Crippen MR) is 70.1 cm³/mol. The molecule has 0 saturated heterocycles. The molecule has 92 valence electrons. The van der Waals surface area contributed by atoms with Gasteiger partial charge in [-0.25, -0.2) is 4.98 Å². The monoisotopic (exact) mass is 250 g/mol. The molecule has 2 N–H and O–H groups in total. The predicted octanol–water partition coefficient (Wildman–Crippen LogP) is 2.41. The summed E-state index contributed by atoms with van der Waals surface area (Å²) in [6.07, 6.45) is 4.93. The molecular weight excluding hydrogens is 232 g/mol. The van der Waals surface area contributed by atoms with Gasteiger partial charge in [0.25, 0.3) is 0 Å². The topological polar surface area (TPSA) is 56.7 Å². The Bertz CT molecular complexity index is 481. The van der Waals surface area contributed by atoms with E-state index in [0.717, 1.165) is 29.2 Å². The summed E-state index contributed by atoms with van der Waals surface area (Å²) in [5, 5.41) is 5.26. The summed E-state index contributed by atoms with van der Waals surface area (Å²) in [4.78, 5) is 5.73. The lowest BCUT2D eigenvalue weighted by molar-refractivity contribution is 0.602. The molecule has 4 nitrogen and oxygen atoms in total. The third-order valence-electron chi connectivity index (χ3n) is 2.78. The molecule has 0 aromatic carbocycles. The zero-order valence-electron chi connectivity index (χ0n) is 10.5. The van der Waals surface area contributed by atoms with Crippen molar-refractivity contribution >= 4 is 11.3 Å². The van der Waals surface area contributed by atoms with Crippen LogP contribution in [-0.2, 0) is 6.54 Å². The van der Waals surface area contributed by atoms with Crippen molar-refractivity contribution in [1.29, 1.82) is 0 Å². The molecule has 0 amide bonds. The van der Waals surface area contributed by atoms with Crippen molar-refractivity contribution in [3.63, 3.8) is 0 Å². The van der Waals surface area contributed by atoms with Crippen molar-refractivity contribution in [2.24, 2.45) is 5.73 Å². The van der Waals surface area contributed by atoms with Crippen LogP contribution in [0.5, 0.6) is 0 Å². The molecule has 17 heavy (non-hydrogen) atoms. The van der Waals surface area contributed by atoms with E-state index >= 15 is 0 Å². The van der Waals surface area contributed by atoms with Gasteiger partial charge in [-0.05, 0) is 20.3 Å². The minimum Gasteiger partial charge on any atom is -0.318 e. The summed E-state index contributed by atoms with van der Waals surface area (Å²) >= 11 is 1.67. The lowest BCUT2D eigenvalue weighted by atomic mass is 10.2. The van der Waals surface area contributed by atoms with Crippen LogP contribution in [0.15, 0.2) is 12.4 Å². The van der Waals surface area contributed by atoms with Crippen molar-refractivity contribution in [3.05, 3.63) is 33.5 Å². The van der Waals surface area contributed by atoms with Gasteiger partial charge in [0.05, 0.1) is 17.9 Å². The summed E-state index contributed by atoms with van der Waals surface area (Å²) in [6, 6.07) is -0.155. The van der Waals surface area contributed by atoms with E-state index in [1.54, 1.807) is 11.3 Å². The fourth-order valence-corrected chi connectivity index (χ4v) is 2.62. The first kappa shape index (κ1) is 12.3. The highest BCUT2D eigenvalue weighted by atomic mass is 32.1. The van der Waals surface area contributed by atoms with E-state index in [9.17, 15) is 0 Å². The van der Waals surface area contributed by atoms with Crippen molar-refractivity contribution in [3.8, 4) is 0 Å². The molecule has 0 saturated carbocycles. The van der Waals surface area contributed by atoms with E-state index in [1.165, 1.54) is 4.88 Å². The smallest absolute Gasteiger partial charge is 0.115 e. The van der Waals surface area contributed by atoms with Crippen LogP contribution in [-0.4, -0.2) is 14.8 Å². The Morgan fingerprint density at radius 3 is 2.82 bits per heavy atom. The molecule has 0 aliphatic heterocycles. The maximum Gasteiger partial charge on any atom is 0.115 e. The number of hydrogen-bond donors (Lipinski definition) is 1. The van der Waals surface area contributed by atoms with Crippen LogP contribution in [0, 0.1) is 13.8 Å². The van der Waals surface area contributed by atoms with Crippen LogP contribution in [0.2, 0.25) is 0 Å². The number of thiazole rings is 1. The first-order valence-electron chi connectivity index (χ1n) is 5.83. The Kier molecular flexibility index (Phi) is 3.59. The summed E-state index contributed by atoms with van der Waals surface area (Å²) < 4.78 is 1.93. The Balaban J connectivity index is 2.20. The number of hydrogen-bond acceptors (Lipinski definition) is 4. The lowest BCUT2D eigenvalue weighted by Crippen LogP contribution is -2.10. The molecule has 1 unspecified atom stereocenters. The quantitative estimate of drug-likeness (QED) is 0.906. The molecule has 0 aliphatic rings. The Hall–Kier alpha value is -1.20. The molecule has 1 atom stereocenters. The van der Waals surface area contributed by atoms with Crippen LogP contribution < -0.4 is 5.73 Å². The maximum absolute atomic E-state index is 6.20. The second-order valence-corrected chi connectivity index (χ2v) is 5.44. The molecule has 2 rings (SSSR count). The van der Waals surface area contributed by atoms with E-state index in [4.69, 9.17) is 5.73 Å². The number of nitrogens with two attached hydrogens (primary N) is 1. The summed E-state index contributed by atoms with van der Waals surface area (Å²) in [7, 11) is 0. The van der Waals surface area contributed by atoms with Gasteiger partial charge in [0.15, 0.2) is 0 Å². The van der Waals surface area contributed by atoms with Crippen molar-refractivity contribution in [1.82, 2.24) is 14.8 Å². The standard InChI is InChI=1S/C12H18N4S/c1-4-5-16-7-10(6-14-16)11(13)12-15-8(2)9(3)17-12/h6-7,11H,4-5,13H2,1-3H3. The third kappa shape index (κ3) is 2.56. The molecule has 0 bridgehead atoms. The van der Waals surface area contributed by atoms with Gasteiger partial charge in [0.2, 0.25) is 0 Å². The number of aromatic nitrogens is 3. The zero-order valence-corrected chi connectivity index (χ0v) is 11.3. The SMILES string of the molecule is CCCn1cc(C(N)c2nc(C)c(C)s2)cn1. The summed E-state index contributed by atoms with van der Waals surface area (Å²) in [6.45, 7) is 7.16. The van der Waals surface area contributed by atoms with Crippen LogP contribution in [0.25, 0.3) is 0 Å². The zero-order chi connectivity index (χ0) is 12.4. The van der Waals surface area contributed by atoms with Crippen molar-refractivity contribution in [2.45, 2.75) is 39.8 Å². The highest BCUT2D eigenvalue weighted by Gasteiger charge is 2.15. The minimum absolute atomic E-state index is 0.155. The van der Waals surface area contributed by atoms with E-state index in [2.05, 4.69) is 23.9 Å². The molecule has 0 radical (unpaired) electrons. The van der Waals surface area contributed by atoms with E-state index in [1.807, 2.05) is 24.0 Å². The van der Waals surface area contributed by atoms with Gasteiger partial charge >= 0.3 is 0 Å². The normalized spacial score (nSPS) is 12.9. The fourth-order valence-electron chi connectivity index (χ4n) is 1.66. The van der Waals surface area contributed by atoms with Crippen molar-refractivity contribution in [2.75, 3.05) is 0 Å². The van der Waals surface area contributed by atoms with Gasteiger partial charge in [0.1, 0.15) is 5.01 Å². The minimum atomic E-state index is -0.155. The van der Waals surface area contributed by atoms with E-state index in [-0.39, 0.29) is 6.04 Å².